The van der Waals surface area contributed by atoms with Gasteiger partial charge < -0.3 is 30.2 Å². The Morgan fingerprint density at radius 1 is 1.41 bits per heavy atom. The summed E-state index contributed by atoms with van der Waals surface area (Å²) in [5, 5.41) is 8.92. The van der Waals surface area contributed by atoms with Gasteiger partial charge in [-0.15, -0.1) is 0 Å². The van der Waals surface area contributed by atoms with Gasteiger partial charge in [0.2, 0.25) is 0 Å². The predicted octanol–water partition coefficient (Wildman–Crippen LogP) is 3.35. The van der Waals surface area contributed by atoms with Crippen LogP contribution in [0.1, 0.15) is 18.4 Å². The monoisotopic (exact) mass is 506 g/mol. The molecule has 1 fully saturated rings. The molecule has 0 bridgehead atoms. The molecule has 0 aliphatic carbocycles. The molecule has 0 radical (unpaired) electrons. The van der Waals surface area contributed by atoms with Crippen molar-refractivity contribution in [3.8, 4) is 11.5 Å². The number of aromatic nitrogens is 1. The molecule has 0 spiro atoms. The zero-order chi connectivity index (χ0) is 24.1. The van der Waals surface area contributed by atoms with E-state index < -0.39 is 5.82 Å². The van der Waals surface area contributed by atoms with Crippen LogP contribution < -0.4 is 25.4 Å². The van der Waals surface area contributed by atoms with Crippen molar-refractivity contribution < 1.29 is 23.4 Å². The molecule has 2 aromatic rings. The van der Waals surface area contributed by atoms with E-state index in [0.29, 0.717) is 48.8 Å². The molecular formula is C23H24ClFN4O4S. The lowest BCUT2D eigenvalue weighted by molar-refractivity contribution is -0.117. The summed E-state index contributed by atoms with van der Waals surface area (Å²) in [5.41, 5.74) is 2.21. The minimum absolute atomic E-state index is 0.101. The summed E-state index contributed by atoms with van der Waals surface area (Å²) in [6, 6.07) is 4.51. The topological polar surface area (TPSA) is 93.7 Å². The van der Waals surface area contributed by atoms with E-state index in [2.05, 4.69) is 20.9 Å². The summed E-state index contributed by atoms with van der Waals surface area (Å²) in [6.07, 6.45) is 4.99. The Labute approximate surface area is 206 Å². The van der Waals surface area contributed by atoms with Crippen LogP contribution in [0.25, 0.3) is 0 Å². The van der Waals surface area contributed by atoms with E-state index in [1.165, 1.54) is 19.2 Å². The highest BCUT2D eigenvalue weighted by atomic mass is 35.5. The fourth-order valence-electron chi connectivity index (χ4n) is 3.57. The van der Waals surface area contributed by atoms with Crippen molar-refractivity contribution in [2.24, 2.45) is 0 Å². The third-order valence-corrected chi connectivity index (χ3v) is 6.16. The first-order chi connectivity index (χ1) is 16.5. The van der Waals surface area contributed by atoms with Crippen LogP contribution in [0.15, 0.2) is 41.9 Å². The van der Waals surface area contributed by atoms with E-state index in [9.17, 15) is 9.18 Å². The lowest BCUT2D eigenvalue weighted by atomic mass is 10.1. The summed E-state index contributed by atoms with van der Waals surface area (Å²) in [6.45, 7) is 2.10. The van der Waals surface area contributed by atoms with E-state index in [1.54, 1.807) is 12.4 Å². The van der Waals surface area contributed by atoms with Crippen LogP contribution in [-0.2, 0) is 16.1 Å². The fourth-order valence-corrected chi connectivity index (χ4v) is 4.14. The van der Waals surface area contributed by atoms with Crippen LogP contribution in [0, 0.1) is 5.82 Å². The molecule has 4 rings (SSSR count). The molecule has 34 heavy (non-hydrogen) atoms. The molecule has 11 heteroatoms. The quantitative estimate of drug-likeness (QED) is 0.446. The maximum Gasteiger partial charge on any atom is 0.256 e. The summed E-state index contributed by atoms with van der Waals surface area (Å²) >= 11 is 11.5. The second-order valence-electron chi connectivity index (χ2n) is 7.69. The van der Waals surface area contributed by atoms with Gasteiger partial charge in [-0.3, -0.25) is 9.78 Å². The van der Waals surface area contributed by atoms with Gasteiger partial charge in [-0.2, -0.15) is 0 Å². The molecule has 1 unspecified atom stereocenters. The Bertz CT molecular complexity index is 1130. The zero-order valence-electron chi connectivity index (χ0n) is 18.5. The van der Waals surface area contributed by atoms with Crippen LogP contribution in [0.4, 0.5) is 10.1 Å². The number of thiocarbonyl (C=S) groups is 1. The van der Waals surface area contributed by atoms with Gasteiger partial charge in [0.05, 0.1) is 30.7 Å². The number of hydrogen-bond donors (Lipinski definition) is 3. The fraction of sp³-hybridized carbons (Fsp3) is 0.348. The van der Waals surface area contributed by atoms with E-state index >= 15 is 0 Å². The number of rotatable bonds is 9. The van der Waals surface area contributed by atoms with Crippen molar-refractivity contribution in [2.45, 2.75) is 25.5 Å². The van der Waals surface area contributed by atoms with Crippen LogP contribution in [-0.4, -0.2) is 48.9 Å². The Balaban J connectivity index is 1.51. The van der Waals surface area contributed by atoms with Crippen molar-refractivity contribution >= 4 is 40.4 Å². The normalized spacial score (nSPS) is 17.5. The number of carbonyl (C=O) groups excluding carboxylic acids is 1. The summed E-state index contributed by atoms with van der Waals surface area (Å²) in [7, 11) is 1.37. The Morgan fingerprint density at radius 2 is 2.24 bits per heavy atom. The summed E-state index contributed by atoms with van der Waals surface area (Å²) < 4.78 is 30.3. The number of amides is 1. The third kappa shape index (κ3) is 5.40. The van der Waals surface area contributed by atoms with Crippen molar-refractivity contribution in [1.82, 2.24) is 15.6 Å². The Morgan fingerprint density at radius 3 is 2.97 bits per heavy atom. The number of nitrogens with one attached hydrogen (secondary N) is 3. The van der Waals surface area contributed by atoms with Crippen molar-refractivity contribution in [1.29, 1.82) is 0 Å². The molecule has 3 heterocycles. The second-order valence-corrected chi connectivity index (χ2v) is 8.47. The summed E-state index contributed by atoms with van der Waals surface area (Å²) in [5.74, 6) is -0.179. The molecule has 1 amide bonds. The van der Waals surface area contributed by atoms with Crippen molar-refractivity contribution in [2.75, 3.05) is 32.2 Å². The molecule has 1 aromatic carbocycles. The molecule has 3 N–H and O–H groups in total. The number of hydrogen-bond acceptors (Lipinski definition) is 7. The number of benzene rings is 1. The van der Waals surface area contributed by atoms with Gasteiger partial charge in [0, 0.05) is 50.0 Å². The number of ether oxygens (including phenoxy) is 3. The zero-order valence-corrected chi connectivity index (χ0v) is 20.0. The van der Waals surface area contributed by atoms with Crippen LogP contribution >= 0.6 is 23.8 Å². The minimum atomic E-state index is -0.619. The highest BCUT2D eigenvalue weighted by Crippen LogP contribution is 2.35. The van der Waals surface area contributed by atoms with Gasteiger partial charge >= 0.3 is 0 Å². The van der Waals surface area contributed by atoms with Crippen molar-refractivity contribution in [3.05, 3.63) is 58.3 Å². The SMILES string of the molecule is COc1c(NC(=S)C2=C(NCc3ccncc3OCC3CCO3)CCNC2=O)ccc(F)c1Cl. The standard InChI is InChI=1S/C23H24ClFN4O4S/c1-31-21-17(3-2-15(25)20(21)24)29-23(34)19-16(5-8-27-22(19)30)28-10-13-4-7-26-11-18(13)33-12-14-6-9-32-14/h2-4,7,11,14,28H,5-6,8-10,12H2,1H3,(H,27,30)(H,29,34). The maximum atomic E-state index is 13.8. The van der Waals surface area contributed by atoms with Gasteiger partial charge in [0.1, 0.15) is 28.2 Å². The first-order valence-corrected chi connectivity index (χ1v) is 11.5. The largest absolute Gasteiger partial charge is 0.493 e. The molecule has 2 aliphatic rings. The highest BCUT2D eigenvalue weighted by molar-refractivity contribution is 7.81. The number of anilines is 1. The number of pyridine rings is 1. The summed E-state index contributed by atoms with van der Waals surface area (Å²) in [4.78, 5) is 17.0. The van der Waals surface area contributed by atoms with E-state index in [-0.39, 0.29) is 27.8 Å². The third-order valence-electron chi connectivity index (χ3n) is 5.50. The second kappa shape index (κ2) is 11.0. The minimum Gasteiger partial charge on any atom is -0.493 e. The predicted molar refractivity (Wildman–Crippen MR) is 130 cm³/mol. The number of methoxy groups -OCH3 is 1. The van der Waals surface area contributed by atoms with E-state index in [0.717, 1.165) is 18.6 Å². The van der Waals surface area contributed by atoms with E-state index in [4.69, 9.17) is 38.0 Å². The lowest BCUT2D eigenvalue weighted by Crippen LogP contribution is -2.39. The van der Waals surface area contributed by atoms with Crippen LogP contribution in [0.5, 0.6) is 11.5 Å². The molecule has 180 valence electrons. The van der Waals surface area contributed by atoms with Gasteiger partial charge in [0.15, 0.2) is 5.75 Å². The van der Waals surface area contributed by atoms with Crippen LogP contribution in [0.3, 0.4) is 0 Å². The Hall–Kier alpha value is -2.95. The van der Waals surface area contributed by atoms with Crippen LogP contribution in [0.2, 0.25) is 5.02 Å². The van der Waals surface area contributed by atoms with Gasteiger partial charge in [-0.25, -0.2) is 4.39 Å². The molecule has 2 aliphatic heterocycles. The smallest absolute Gasteiger partial charge is 0.256 e. The lowest BCUT2D eigenvalue weighted by Gasteiger charge is -2.27. The molecule has 1 saturated heterocycles. The number of carbonyl (C=O) groups is 1. The first kappa shape index (κ1) is 24.2. The highest BCUT2D eigenvalue weighted by Gasteiger charge is 2.26. The molecular weight excluding hydrogens is 483 g/mol. The molecule has 1 aromatic heterocycles. The van der Waals surface area contributed by atoms with E-state index in [1.807, 2.05) is 6.07 Å². The molecule has 8 nitrogen and oxygen atoms in total. The molecule has 1 atom stereocenters. The average molecular weight is 507 g/mol. The maximum absolute atomic E-state index is 13.8. The van der Waals surface area contributed by atoms with Gasteiger partial charge in [-0.05, 0) is 18.2 Å². The average Bonchev–Trinajstić information content (AvgIpc) is 2.80. The van der Waals surface area contributed by atoms with Gasteiger partial charge in [-0.1, -0.05) is 23.8 Å². The number of nitrogens with zero attached hydrogens (tertiary/aromatic N) is 1. The Kier molecular flexibility index (Phi) is 7.81. The van der Waals surface area contributed by atoms with Crippen molar-refractivity contribution in [3.63, 3.8) is 0 Å². The number of halogens is 2. The van der Waals surface area contributed by atoms with Gasteiger partial charge in [0.25, 0.3) is 5.91 Å². The first-order valence-electron chi connectivity index (χ1n) is 10.7. The molecule has 0 saturated carbocycles.